The maximum Gasteiger partial charge on any atom is 0.254 e. The third-order valence-corrected chi connectivity index (χ3v) is 2.80. The summed E-state index contributed by atoms with van der Waals surface area (Å²) in [5.41, 5.74) is 6.89. The molecule has 0 bridgehead atoms. The highest BCUT2D eigenvalue weighted by atomic mass is 16.5. The highest BCUT2D eigenvalue weighted by Gasteiger charge is 2.20. The molecule has 0 saturated carbocycles. The molecule has 1 aromatic carbocycles. The Hall–Kier alpha value is -1.71. The fraction of sp³-hybridized carbons (Fsp3) is 0.417. The van der Waals surface area contributed by atoms with E-state index in [0.29, 0.717) is 17.0 Å². The molecule has 16 heavy (non-hydrogen) atoms. The zero-order valence-corrected chi connectivity index (χ0v) is 9.40. The van der Waals surface area contributed by atoms with E-state index in [1.165, 1.54) is 0 Å². The van der Waals surface area contributed by atoms with Crippen LogP contribution in [0.3, 0.4) is 0 Å². The van der Waals surface area contributed by atoms with Crippen LogP contribution in [0.1, 0.15) is 23.2 Å². The zero-order chi connectivity index (χ0) is 11.5. The molecule has 0 aromatic heterocycles. The Labute approximate surface area is 95.0 Å². The molecule has 0 unspecified atom stereocenters. The summed E-state index contributed by atoms with van der Waals surface area (Å²) in [4.78, 5) is 13.9. The van der Waals surface area contributed by atoms with Gasteiger partial charge in [-0.2, -0.15) is 0 Å². The quantitative estimate of drug-likeness (QED) is 0.769. The molecular weight excluding hydrogens is 204 g/mol. The lowest BCUT2D eigenvalue weighted by Gasteiger charge is -2.16. The molecule has 2 rings (SSSR count). The maximum absolute atomic E-state index is 12.1. The second-order valence-electron chi connectivity index (χ2n) is 3.99. The maximum atomic E-state index is 12.1. The Balaban J connectivity index is 2.24. The van der Waals surface area contributed by atoms with Gasteiger partial charge in [0.05, 0.1) is 7.11 Å². The minimum atomic E-state index is 0.0445. The van der Waals surface area contributed by atoms with Crippen LogP contribution in [0.4, 0.5) is 5.69 Å². The van der Waals surface area contributed by atoms with Crippen molar-refractivity contribution in [3.05, 3.63) is 23.8 Å². The molecule has 1 aliphatic heterocycles. The molecule has 4 heteroatoms. The van der Waals surface area contributed by atoms with Crippen LogP contribution in [0, 0.1) is 0 Å². The van der Waals surface area contributed by atoms with Crippen LogP contribution in [0.5, 0.6) is 5.75 Å². The molecule has 0 aliphatic carbocycles. The smallest absolute Gasteiger partial charge is 0.254 e. The first-order valence-electron chi connectivity index (χ1n) is 5.44. The number of ether oxygens (including phenoxy) is 1. The van der Waals surface area contributed by atoms with Gasteiger partial charge in [-0.1, -0.05) is 0 Å². The topological polar surface area (TPSA) is 55.6 Å². The normalized spacial score (nSPS) is 15.2. The van der Waals surface area contributed by atoms with E-state index in [0.717, 1.165) is 25.9 Å². The van der Waals surface area contributed by atoms with Crippen LogP contribution < -0.4 is 10.5 Å². The van der Waals surface area contributed by atoms with Gasteiger partial charge < -0.3 is 15.4 Å². The fourth-order valence-corrected chi connectivity index (χ4v) is 1.97. The van der Waals surface area contributed by atoms with Crippen LogP contribution >= 0.6 is 0 Å². The van der Waals surface area contributed by atoms with E-state index in [1.54, 1.807) is 25.3 Å². The van der Waals surface area contributed by atoms with Gasteiger partial charge in [0.1, 0.15) is 5.75 Å². The molecule has 1 fully saturated rings. The summed E-state index contributed by atoms with van der Waals surface area (Å²) in [6, 6.07) is 5.14. The number of rotatable bonds is 2. The van der Waals surface area contributed by atoms with E-state index >= 15 is 0 Å². The number of nitrogens with two attached hydrogens (primary N) is 1. The average Bonchev–Trinajstić information content (AvgIpc) is 2.80. The van der Waals surface area contributed by atoms with Crippen LogP contribution in [0.2, 0.25) is 0 Å². The van der Waals surface area contributed by atoms with Gasteiger partial charge in [0.25, 0.3) is 5.91 Å². The zero-order valence-electron chi connectivity index (χ0n) is 9.40. The Morgan fingerprint density at radius 3 is 2.62 bits per heavy atom. The van der Waals surface area contributed by atoms with Gasteiger partial charge >= 0.3 is 0 Å². The van der Waals surface area contributed by atoms with Gasteiger partial charge in [-0.05, 0) is 25.0 Å². The van der Waals surface area contributed by atoms with Crippen molar-refractivity contribution in [1.82, 2.24) is 4.90 Å². The number of benzene rings is 1. The molecule has 0 spiro atoms. The van der Waals surface area contributed by atoms with Crippen molar-refractivity contribution in [2.45, 2.75) is 12.8 Å². The lowest BCUT2D eigenvalue weighted by molar-refractivity contribution is 0.0792. The fourth-order valence-electron chi connectivity index (χ4n) is 1.97. The minimum absolute atomic E-state index is 0.0445. The molecule has 0 radical (unpaired) electrons. The molecule has 1 aliphatic rings. The van der Waals surface area contributed by atoms with Crippen molar-refractivity contribution >= 4 is 11.6 Å². The predicted octanol–water partition coefficient (Wildman–Crippen LogP) is 1.51. The lowest BCUT2D eigenvalue weighted by Crippen LogP contribution is -2.27. The summed E-state index contributed by atoms with van der Waals surface area (Å²) >= 11 is 0. The Morgan fingerprint density at radius 2 is 2.00 bits per heavy atom. The van der Waals surface area contributed by atoms with Crippen LogP contribution in [-0.2, 0) is 0 Å². The number of nitrogens with zero attached hydrogens (tertiary/aromatic N) is 1. The average molecular weight is 220 g/mol. The van der Waals surface area contributed by atoms with E-state index < -0.39 is 0 Å². The van der Waals surface area contributed by atoms with E-state index in [9.17, 15) is 4.79 Å². The Kier molecular flexibility index (Phi) is 2.99. The minimum Gasteiger partial charge on any atom is -0.497 e. The van der Waals surface area contributed by atoms with Crippen molar-refractivity contribution in [2.75, 3.05) is 25.9 Å². The highest BCUT2D eigenvalue weighted by Crippen LogP contribution is 2.21. The number of carbonyl (C=O) groups is 1. The molecule has 1 amide bonds. The molecular formula is C12H16N2O2. The molecule has 0 atom stereocenters. The number of carbonyl (C=O) groups excluding carboxylic acids is 1. The van der Waals surface area contributed by atoms with Crippen molar-refractivity contribution < 1.29 is 9.53 Å². The van der Waals surface area contributed by atoms with Gasteiger partial charge in [0.15, 0.2) is 0 Å². The third kappa shape index (κ3) is 2.10. The predicted molar refractivity (Wildman–Crippen MR) is 62.5 cm³/mol. The van der Waals surface area contributed by atoms with E-state index in [2.05, 4.69) is 0 Å². The first-order valence-corrected chi connectivity index (χ1v) is 5.44. The second kappa shape index (κ2) is 4.43. The van der Waals surface area contributed by atoms with Gasteiger partial charge in [0, 0.05) is 30.4 Å². The van der Waals surface area contributed by atoms with Crippen molar-refractivity contribution in [3.8, 4) is 5.75 Å². The first kappa shape index (κ1) is 10.8. The molecule has 1 heterocycles. The third-order valence-electron chi connectivity index (χ3n) is 2.80. The number of amides is 1. The summed E-state index contributed by atoms with van der Waals surface area (Å²) in [5, 5.41) is 0. The largest absolute Gasteiger partial charge is 0.497 e. The van der Waals surface area contributed by atoms with Gasteiger partial charge in [-0.25, -0.2) is 0 Å². The van der Waals surface area contributed by atoms with E-state index in [1.807, 2.05) is 4.90 Å². The molecule has 86 valence electrons. The number of methoxy groups -OCH3 is 1. The monoisotopic (exact) mass is 220 g/mol. The van der Waals surface area contributed by atoms with Crippen LogP contribution in [0.25, 0.3) is 0 Å². The molecule has 1 aromatic rings. The number of hydrogen-bond donors (Lipinski definition) is 1. The second-order valence-corrected chi connectivity index (χ2v) is 3.99. The standard InChI is InChI=1S/C12H16N2O2/c1-16-11-7-9(6-10(13)8-11)12(15)14-4-2-3-5-14/h6-8H,2-5,13H2,1H3. The summed E-state index contributed by atoms with van der Waals surface area (Å²) in [6.45, 7) is 1.69. The van der Waals surface area contributed by atoms with Gasteiger partial charge in [0.2, 0.25) is 0 Å². The Bertz CT molecular complexity index is 398. The number of anilines is 1. The van der Waals surface area contributed by atoms with Crippen molar-refractivity contribution in [3.63, 3.8) is 0 Å². The SMILES string of the molecule is COc1cc(N)cc(C(=O)N2CCCC2)c1. The first-order chi connectivity index (χ1) is 7.70. The Morgan fingerprint density at radius 1 is 1.31 bits per heavy atom. The van der Waals surface area contributed by atoms with E-state index in [4.69, 9.17) is 10.5 Å². The van der Waals surface area contributed by atoms with Crippen LogP contribution in [-0.4, -0.2) is 31.0 Å². The summed E-state index contributed by atoms with van der Waals surface area (Å²) < 4.78 is 5.10. The molecule has 2 N–H and O–H groups in total. The highest BCUT2D eigenvalue weighted by molar-refractivity contribution is 5.95. The molecule has 1 saturated heterocycles. The summed E-state index contributed by atoms with van der Waals surface area (Å²) in [6.07, 6.45) is 2.18. The summed E-state index contributed by atoms with van der Waals surface area (Å²) in [5.74, 6) is 0.672. The summed E-state index contributed by atoms with van der Waals surface area (Å²) in [7, 11) is 1.57. The number of hydrogen-bond acceptors (Lipinski definition) is 3. The molecule has 4 nitrogen and oxygen atoms in total. The van der Waals surface area contributed by atoms with Crippen LogP contribution in [0.15, 0.2) is 18.2 Å². The van der Waals surface area contributed by atoms with E-state index in [-0.39, 0.29) is 5.91 Å². The van der Waals surface area contributed by atoms with Crippen molar-refractivity contribution in [1.29, 1.82) is 0 Å². The van der Waals surface area contributed by atoms with Gasteiger partial charge in [-0.3, -0.25) is 4.79 Å². The number of nitrogen functional groups attached to an aromatic ring is 1. The number of likely N-dealkylation sites (tertiary alicyclic amines) is 1. The lowest BCUT2D eigenvalue weighted by atomic mass is 10.1. The van der Waals surface area contributed by atoms with Crippen molar-refractivity contribution in [2.24, 2.45) is 0 Å². The van der Waals surface area contributed by atoms with Gasteiger partial charge in [-0.15, -0.1) is 0 Å².